The lowest BCUT2D eigenvalue weighted by Crippen LogP contribution is -2.50. The number of carbonyl (C=O) groups excluding carboxylic acids is 2. The summed E-state index contributed by atoms with van der Waals surface area (Å²) in [6.07, 6.45) is 12.1. The zero-order chi connectivity index (χ0) is 21.3. The predicted octanol–water partition coefficient (Wildman–Crippen LogP) is 2.17. The van der Waals surface area contributed by atoms with Gasteiger partial charge in [-0.3, -0.25) is 4.79 Å². The quantitative estimate of drug-likeness (QED) is 0.753. The van der Waals surface area contributed by atoms with Crippen molar-refractivity contribution >= 4 is 17.9 Å². The van der Waals surface area contributed by atoms with Gasteiger partial charge in [-0.25, -0.2) is 14.8 Å². The molecule has 2 saturated carbocycles. The molecule has 168 valence electrons. The van der Waals surface area contributed by atoms with E-state index in [-0.39, 0.29) is 17.9 Å². The molecule has 0 unspecified atom stereocenters. The van der Waals surface area contributed by atoms with Gasteiger partial charge in [0.2, 0.25) is 11.9 Å². The fourth-order valence-corrected chi connectivity index (χ4v) is 5.67. The van der Waals surface area contributed by atoms with Crippen LogP contribution in [0.25, 0.3) is 0 Å². The van der Waals surface area contributed by atoms with Gasteiger partial charge in [0.25, 0.3) is 0 Å². The van der Waals surface area contributed by atoms with E-state index in [9.17, 15) is 9.59 Å². The van der Waals surface area contributed by atoms with Crippen LogP contribution in [0.1, 0.15) is 51.4 Å². The lowest BCUT2D eigenvalue weighted by molar-refractivity contribution is -0.132. The maximum Gasteiger partial charge on any atom is 0.317 e. The summed E-state index contributed by atoms with van der Waals surface area (Å²) in [7, 11) is 0. The van der Waals surface area contributed by atoms with Crippen molar-refractivity contribution in [3.05, 3.63) is 18.5 Å². The predicted molar refractivity (Wildman–Crippen MR) is 117 cm³/mol. The molecule has 3 amide bonds. The molecule has 2 saturated heterocycles. The number of fused-ring (bicyclic) bond motifs is 1. The van der Waals surface area contributed by atoms with E-state index >= 15 is 0 Å². The monoisotopic (exact) mass is 426 g/mol. The van der Waals surface area contributed by atoms with E-state index in [1.165, 1.54) is 25.7 Å². The third-order valence-electron chi connectivity index (χ3n) is 7.69. The smallest absolute Gasteiger partial charge is 0.317 e. The number of rotatable bonds is 5. The van der Waals surface area contributed by atoms with Gasteiger partial charge in [0.1, 0.15) is 0 Å². The summed E-state index contributed by atoms with van der Waals surface area (Å²) in [5, 5.41) is 6.49. The van der Waals surface area contributed by atoms with Crippen molar-refractivity contribution in [3.8, 4) is 0 Å². The number of likely N-dealkylation sites (tertiary alicyclic amines) is 1. The summed E-state index contributed by atoms with van der Waals surface area (Å²) in [6.45, 7) is 3.43. The van der Waals surface area contributed by atoms with Crippen LogP contribution in [0.2, 0.25) is 0 Å². The van der Waals surface area contributed by atoms with Crippen molar-refractivity contribution in [1.29, 1.82) is 0 Å². The molecule has 8 nitrogen and oxygen atoms in total. The van der Waals surface area contributed by atoms with Crippen molar-refractivity contribution < 1.29 is 9.59 Å². The third-order valence-corrected chi connectivity index (χ3v) is 7.69. The second-order valence-electron chi connectivity index (χ2n) is 9.92. The Hall–Kier alpha value is -2.38. The first-order chi connectivity index (χ1) is 15.1. The van der Waals surface area contributed by atoms with E-state index in [0.29, 0.717) is 44.1 Å². The van der Waals surface area contributed by atoms with E-state index in [0.717, 1.165) is 32.2 Å². The highest BCUT2D eigenvalue weighted by Crippen LogP contribution is 2.44. The molecule has 2 N–H and O–H groups in total. The Labute approximate surface area is 184 Å². The van der Waals surface area contributed by atoms with E-state index in [2.05, 4.69) is 25.5 Å². The highest BCUT2D eigenvalue weighted by molar-refractivity contribution is 5.85. The van der Waals surface area contributed by atoms with E-state index < -0.39 is 5.41 Å². The van der Waals surface area contributed by atoms with Crippen LogP contribution in [-0.4, -0.2) is 65.6 Å². The highest BCUT2D eigenvalue weighted by Gasteiger charge is 2.54. The summed E-state index contributed by atoms with van der Waals surface area (Å²) < 4.78 is 0. The Morgan fingerprint density at radius 1 is 1.06 bits per heavy atom. The van der Waals surface area contributed by atoms with Crippen LogP contribution in [0, 0.1) is 17.3 Å². The maximum absolute atomic E-state index is 13.5. The molecule has 0 aromatic carbocycles. The first kappa shape index (κ1) is 20.5. The summed E-state index contributed by atoms with van der Waals surface area (Å²) in [4.78, 5) is 39.5. The zero-order valence-electron chi connectivity index (χ0n) is 18.3. The second-order valence-corrected chi connectivity index (χ2v) is 9.92. The fraction of sp³-hybridized carbons (Fsp3) is 0.739. The van der Waals surface area contributed by atoms with Gasteiger partial charge in [-0.15, -0.1) is 0 Å². The number of nitrogens with zero attached hydrogens (tertiary/aromatic N) is 4. The molecule has 0 spiro atoms. The third kappa shape index (κ3) is 4.34. The fourth-order valence-electron chi connectivity index (χ4n) is 5.67. The van der Waals surface area contributed by atoms with Crippen molar-refractivity contribution in [2.45, 2.75) is 57.4 Å². The first-order valence-corrected chi connectivity index (χ1v) is 12.0. The molecule has 1 aromatic heterocycles. The minimum Gasteiger partial charge on any atom is -0.355 e. The number of carbonyl (C=O) groups is 2. The van der Waals surface area contributed by atoms with Gasteiger partial charge < -0.3 is 20.4 Å². The molecule has 5 rings (SSSR count). The normalized spacial score (nSPS) is 28.8. The largest absolute Gasteiger partial charge is 0.355 e. The van der Waals surface area contributed by atoms with E-state index in [1.54, 1.807) is 12.4 Å². The SMILES string of the molecule is O=C(NC1CCCC1)N1CCC[C@]2(C(=O)NCC3CC3)CN(c3ncccn3)C[C@@H]2C1. The first-order valence-electron chi connectivity index (χ1n) is 12.0. The van der Waals surface area contributed by atoms with Crippen molar-refractivity contribution in [2.24, 2.45) is 17.3 Å². The van der Waals surface area contributed by atoms with Crippen LogP contribution in [0.5, 0.6) is 0 Å². The van der Waals surface area contributed by atoms with E-state index in [4.69, 9.17) is 0 Å². The molecule has 0 radical (unpaired) electrons. The van der Waals surface area contributed by atoms with Gasteiger partial charge in [0, 0.05) is 57.1 Å². The Bertz CT molecular complexity index is 795. The molecular formula is C23H34N6O2. The van der Waals surface area contributed by atoms with Crippen molar-refractivity contribution in [1.82, 2.24) is 25.5 Å². The summed E-state index contributed by atoms with van der Waals surface area (Å²) >= 11 is 0. The van der Waals surface area contributed by atoms with Crippen LogP contribution >= 0.6 is 0 Å². The van der Waals surface area contributed by atoms with Crippen molar-refractivity contribution in [3.63, 3.8) is 0 Å². The molecule has 4 fully saturated rings. The second kappa shape index (κ2) is 8.63. The van der Waals surface area contributed by atoms with Crippen LogP contribution < -0.4 is 15.5 Å². The summed E-state index contributed by atoms with van der Waals surface area (Å²) in [6, 6.07) is 2.15. The van der Waals surface area contributed by atoms with Gasteiger partial charge >= 0.3 is 6.03 Å². The van der Waals surface area contributed by atoms with Crippen LogP contribution in [0.3, 0.4) is 0 Å². The molecule has 31 heavy (non-hydrogen) atoms. The lowest BCUT2D eigenvalue weighted by Gasteiger charge is -2.32. The molecule has 2 atom stereocenters. The highest BCUT2D eigenvalue weighted by atomic mass is 16.2. The number of nitrogens with one attached hydrogen (secondary N) is 2. The molecule has 3 heterocycles. The number of hydrogen-bond donors (Lipinski definition) is 2. The molecule has 2 aliphatic carbocycles. The minimum absolute atomic E-state index is 0.0375. The maximum atomic E-state index is 13.5. The molecule has 2 aliphatic heterocycles. The van der Waals surface area contributed by atoms with E-state index in [1.807, 2.05) is 11.0 Å². The molecule has 8 heteroatoms. The number of amides is 3. The van der Waals surface area contributed by atoms with Crippen molar-refractivity contribution in [2.75, 3.05) is 37.6 Å². The Morgan fingerprint density at radius 2 is 1.84 bits per heavy atom. The molecule has 4 aliphatic rings. The topological polar surface area (TPSA) is 90.5 Å². The molecular weight excluding hydrogens is 392 g/mol. The minimum atomic E-state index is -0.490. The molecule has 1 aromatic rings. The van der Waals surface area contributed by atoms with Crippen LogP contribution in [-0.2, 0) is 4.79 Å². The van der Waals surface area contributed by atoms with Crippen LogP contribution in [0.15, 0.2) is 18.5 Å². The lowest BCUT2D eigenvalue weighted by atomic mass is 9.74. The standard InChI is InChI=1S/C23H34N6O2/c30-20(26-13-17-7-8-17)23-9-3-12-28(22(31)27-19-5-1-2-6-19)14-18(23)15-29(16-23)21-24-10-4-11-25-21/h4,10-11,17-19H,1-3,5-9,12-16H2,(H,26,30)(H,27,31)/t18-,23-/m0/s1. The zero-order valence-corrected chi connectivity index (χ0v) is 18.3. The van der Waals surface area contributed by atoms with Gasteiger partial charge in [-0.1, -0.05) is 12.8 Å². The van der Waals surface area contributed by atoms with Gasteiger partial charge in [-0.2, -0.15) is 0 Å². The van der Waals surface area contributed by atoms with Gasteiger partial charge in [-0.05, 0) is 50.5 Å². The summed E-state index contributed by atoms with van der Waals surface area (Å²) in [5.74, 6) is 1.55. The number of aromatic nitrogens is 2. The summed E-state index contributed by atoms with van der Waals surface area (Å²) in [5.41, 5.74) is -0.490. The number of hydrogen-bond acceptors (Lipinski definition) is 5. The van der Waals surface area contributed by atoms with Crippen LogP contribution in [0.4, 0.5) is 10.7 Å². The van der Waals surface area contributed by atoms with Gasteiger partial charge in [0.15, 0.2) is 0 Å². The average Bonchev–Trinajstić information content (AvgIpc) is 3.41. The number of anilines is 1. The Morgan fingerprint density at radius 3 is 2.58 bits per heavy atom. The molecule has 0 bridgehead atoms. The number of urea groups is 1. The average molecular weight is 427 g/mol. The van der Waals surface area contributed by atoms with Gasteiger partial charge in [0.05, 0.1) is 5.41 Å². The Kier molecular flexibility index (Phi) is 5.71. The Balaban J connectivity index is 1.34.